The minimum absolute atomic E-state index is 0.0257. The van der Waals surface area contributed by atoms with Crippen molar-refractivity contribution >= 4 is 0 Å². The Hall–Kier alpha value is -1.64. The number of ether oxygens (including phenoxy) is 1. The summed E-state index contributed by atoms with van der Waals surface area (Å²) in [7, 11) is 0. The van der Waals surface area contributed by atoms with Crippen molar-refractivity contribution in [2.45, 2.75) is 31.9 Å². The number of rotatable bonds is 6. The molecule has 0 heterocycles. The predicted molar refractivity (Wildman–Crippen MR) is 86.9 cm³/mol. The van der Waals surface area contributed by atoms with Gasteiger partial charge in [0.15, 0.2) is 0 Å². The maximum atomic E-state index is 6.43. The van der Waals surface area contributed by atoms with Crippen LogP contribution in [0.15, 0.2) is 54.6 Å². The molecule has 1 aliphatic rings. The molecule has 2 aromatic carbocycles. The van der Waals surface area contributed by atoms with Crippen LogP contribution in [0.1, 0.15) is 31.4 Å². The zero-order valence-corrected chi connectivity index (χ0v) is 12.5. The molecule has 21 heavy (non-hydrogen) atoms. The predicted octanol–water partition coefficient (Wildman–Crippen LogP) is 4.17. The smallest absolute Gasteiger partial charge is 0.0795 e. The van der Waals surface area contributed by atoms with Gasteiger partial charge >= 0.3 is 0 Å². The Morgan fingerprint density at radius 3 is 2.19 bits per heavy atom. The molecular formula is C19H23NO. The maximum Gasteiger partial charge on any atom is 0.0795 e. The summed E-state index contributed by atoms with van der Waals surface area (Å²) in [5, 5.41) is 0. The van der Waals surface area contributed by atoms with E-state index < -0.39 is 0 Å². The van der Waals surface area contributed by atoms with Crippen molar-refractivity contribution in [3.63, 3.8) is 0 Å². The Kier molecular flexibility index (Phi) is 4.37. The van der Waals surface area contributed by atoms with E-state index in [9.17, 15) is 0 Å². The molecule has 1 aliphatic carbocycles. The van der Waals surface area contributed by atoms with Crippen molar-refractivity contribution < 1.29 is 4.74 Å². The van der Waals surface area contributed by atoms with E-state index in [1.807, 2.05) is 13.0 Å². The third-order valence-corrected chi connectivity index (χ3v) is 4.20. The van der Waals surface area contributed by atoms with E-state index in [0.717, 1.165) is 6.61 Å². The van der Waals surface area contributed by atoms with Gasteiger partial charge in [0.1, 0.15) is 0 Å². The quantitative estimate of drug-likeness (QED) is 0.862. The van der Waals surface area contributed by atoms with E-state index in [2.05, 4.69) is 48.5 Å². The average molecular weight is 281 g/mol. The molecule has 1 fully saturated rings. The molecule has 0 spiro atoms. The van der Waals surface area contributed by atoms with Gasteiger partial charge in [-0.15, -0.1) is 0 Å². The fraction of sp³-hybridized carbons (Fsp3) is 0.368. The summed E-state index contributed by atoms with van der Waals surface area (Å²) in [4.78, 5) is 0. The Morgan fingerprint density at radius 1 is 1.00 bits per heavy atom. The van der Waals surface area contributed by atoms with Gasteiger partial charge in [0.2, 0.25) is 0 Å². The van der Waals surface area contributed by atoms with Gasteiger partial charge in [0.25, 0.3) is 0 Å². The van der Waals surface area contributed by atoms with Gasteiger partial charge in [-0.3, -0.25) is 0 Å². The van der Waals surface area contributed by atoms with Gasteiger partial charge in [0.05, 0.1) is 12.1 Å². The van der Waals surface area contributed by atoms with Crippen molar-refractivity contribution in [2.75, 3.05) is 6.61 Å². The van der Waals surface area contributed by atoms with E-state index in [1.54, 1.807) is 0 Å². The largest absolute Gasteiger partial charge is 0.376 e. The second-order valence-corrected chi connectivity index (χ2v) is 5.77. The first kappa shape index (κ1) is 14.3. The molecule has 2 aromatic rings. The summed E-state index contributed by atoms with van der Waals surface area (Å²) in [5.74, 6) is 0.647. The molecule has 2 unspecified atom stereocenters. The lowest BCUT2D eigenvalue weighted by atomic mass is 9.96. The number of benzene rings is 2. The highest BCUT2D eigenvalue weighted by Gasteiger charge is 2.36. The maximum absolute atomic E-state index is 6.43. The third kappa shape index (κ3) is 3.34. The Bertz CT molecular complexity index is 560. The van der Waals surface area contributed by atoms with E-state index in [0.29, 0.717) is 5.92 Å². The molecule has 0 aromatic heterocycles. The first-order valence-corrected chi connectivity index (χ1v) is 7.82. The molecule has 0 bridgehead atoms. The number of hydrogen-bond donors (Lipinski definition) is 1. The second kappa shape index (κ2) is 6.42. The van der Waals surface area contributed by atoms with Crippen molar-refractivity contribution in [1.29, 1.82) is 0 Å². The molecule has 0 saturated heterocycles. The van der Waals surface area contributed by atoms with E-state index in [1.165, 1.54) is 29.5 Å². The summed E-state index contributed by atoms with van der Waals surface area (Å²) < 4.78 is 5.87. The lowest BCUT2D eigenvalue weighted by molar-refractivity contribution is 0.0283. The topological polar surface area (TPSA) is 35.2 Å². The van der Waals surface area contributed by atoms with Gasteiger partial charge in [-0.25, -0.2) is 0 Å². The monoisotopic (exact) mass is 281 g/mol. The van der Waals surface area contributed by atoms with Crippen LogP contribution in [0.2, 0.25) is 0 Å². The van der Waals surface area contributed by atoms with Gasteiger partial charge in [-0.2, -0.15) is 0 Å². The van der Waals surface area contributed by atoms with Crippen LogP contribution in [0.5, 0.6) is 0 Å². The average Bonchev–Trinajstić information content (AvgIpc) is 3.38. The first-order chi connectivity index (χ1) is 10.3. The van der Waals surface area contributed by atoms with Gasteiger partial charge in [0, 0.05) is 6.61 Å². The summed E-state index contributed by atoms with van der Waals surface area (Å²) >= 11 is 0. The molecular weight excluding hydrogens is 258 g/mol. The lowest BCUT2D eigenvalue weighted by Gasteiger charge is -2.24. The molecule has 1 saturated carbocycles. The van der Waals surface area contributed by atoms with Gasteiger partial charge in [-0.1, -0.05) is 54.6 Å². The molecule has 2 nitrogen and oxygen atoms in total. The fourth-order valence-corrected chi connectivity index (χ4v) is 2.87. The third-order valence-electron chi connectivity index (χ3n) is 4.20. The zero-order valence-electron chi connectivity index (χ0n) is 12.5. The van der Waals surface area contributed by atoms with Crippen molar-refractivity contribution in [3.8, 4) is 11.1 Å². The molecule has 0 amide bonds. The van der Waals surface area contributed by atoms with Crippen LogP contribution in [0.25, 0.3) is 11.1 Å². The van der Waals surface area contributed by atoms with Crippen LogP contribution >= 0.6 is 0 Å². The lowest BCUT2D eigenvalue weighted by Crippen LogP contribution is -2.30. The fourth-order valence-electron chi connectivity index (χ4n) is 2.87. The van der Waals surface area contributed by atoms with E-state index in [4.69, 9.17) is 10.5 Å². The van der Waals surface area contributed by atoms with Crippen LogP contribution in [-0.4, -0.2) is 12.7 Å². The second-order valence-electron chi connectivity index (χ2n) is 5.77. The normalized spacial score (nSPS) is 17.4. The molecule has 110 valence electrons. The van der Waals surface area contributed by atoms with Crippen LogP contribution < -0.4 is 5.73 Å². The van der Waals surface area contributed by atoms with Crippen LogP contribution in [0, 0.1) is 5.92 Å². The Morgan fingerprint density at radius 2 is 1.62 bits per heavy atom. The summed E-state index contributed by atoms with van der Waals surface area (Å²) in [6, 6.07) is 19.0. The Balaban J connectivity index is 1.77. The van der Waals surface area contributed by atoms with Gasteiger partial charge in [-0.05, 0) is 42.4 Å². The molecule has 2 heteroatoms. The highest BCUT2D eigenvalue weighted by molar-refractivity contribution is 5.63. The first-order valence-electron chi connectivity index (χ1n) is 7.82. The molecule has 2 atom stereocenters. The van der Waals surface area contributed by atoms with Crippen molar-refractivity contribution in [3.05, 3.63) is 60.2 Å². The van der Waals surface area contributed by atoms with Crippen LogP contribution in [0.4, 0.5) is 0 Å². The van der Waals surface area contributed by atoms with E-state index >= 15 is 0 Å². The number of hydrogen-bond acceptors (Lipinski definition) is 2. The van der Waals surface area contributed by atoms with E-state index in [-0.39, 0.29) is 12.1 Å². The van der Waals surface area contributed by atoms with Crippen LogP contribution in [-0.2, 0) is 4.74 Å². The Labute approximate surface area is 126 Å². The minimum atomic E-state index is -0.0257. The number of nitrogens with two attached hydrogens (primary N) is 1. The zero-order chi connectivity index (χ0) is 14.7. The summed E-state index contributed by atoms with van der Waals surface area (Å²) in [5.41, 5.74) is 10.1. The highest BCUT2D eigenvalue weighted by Crippen LogP contribution is 2.39. The molecule has 0 radical (unpaired) electrons. The molecule has 0 aliphatic heterocycles. The highest BCUT2D eigenvalue weighted by atomic mass is 16.5. The van der Waals surface area contributed by atoms with Crippen molar-refractivity contribution in [1.82, 2.24) is 0 Å². The molecule has 3 rings (SSSR count). The summed E-state index contributed by atoms with van der Waals surface area (Å²) in [6.45, 7) is 2.78. The van der Waals surface area contributed by atoms with Crippen LogP contribution in [0.3, 0.4) is 0 Å². The SMILES string of the molecule is CCOC(C1CC1)C(N)c1ccc(-c2ccccc2)cc1. The minimum Gasteiger partial charge on any atom is -0.376 e. The summed E-state index contributed by atoms with van der Waals surface area (Å²) in [6.07, 6.45) is 2.67. The standard InChI is InChI=1S/C19H23NO/c1-2-21-19(17-12-13-17)18(20)16-10-8-15(9-11-16)14-6-4-3-5-7-14/h3-11,17-19H,2,12-13,20H2,1H3. The van der Waals surface area contributed by atoms with Crippen molar-refractivity contribution in [2.24, 2.45) is 11.7 Å². The van der Waals surface area contributed by atoms with Gasteiger partial charge < -0.3 is 10.5 Å². The molecule has 2 N–H and O–H groups in total.